The van der Waals surface area contributed by atoms with Gasteiger partial charge in [0.2, 0.25) is 5.91 Å². The van der Waals surface area contributed by atoms with Gasteiger partial charge in [-0.25, -0.2) is 0 Å². The molecule has 3 aliphatic rings. The standard InChI is InChI=1S/C18H32N2O/c1-3-16-19-18(11-4-5-12-18)17(21)20(16)13-10-15-8-6-14(2)7-9-15/h14-16,19H,3-13H2,1-2H3. The van der Waals surface area contributed by atoms with Crippen LogP contribution in [0, 0.1) is 11.8 Å². The maximum Gasteiger partial charge on any atom is 0.244 e. The third kappa shape index (κ3) is 2.99. The molecule has 1 N–H and O–H groups in total. The largest absolute Gasteiger partial charge is 0.326 e. The van der Waals surface area contributed by atoms with E-state index in [1.54, 1.807) is 0 Å². The first-order valence-corrected chi connectivity index (χ1v) is 9.23. The molecular weight excluding hydrogens is 260 g/mol. The second-order valence-corrected chi connectivity index (χ2v) is 7.77. The second kappa shape index (κ2) is 6.28. The molecular formula is C18H32N2O. The van der Waals surface area contributed by atoms with Gasteiger partial charge in [0, 0.05) is 6.54 Å². The lowest BCUT2D eigenvalue weighted by molar-refractivity contribution is -0.133. The Labute approximate surface area is 129 Å². The Morgan fingerprint density at radius 2 is 1.86 bits per heavy atom. The van der Waals surface area contributed by atoms with Crippen LogP contribution in [-0.2, 0) is 4.79 Å². The third-order valence-corrected chi connectivity index (χ3v) is 6.25. The Morgan fingerprint density at radius 3 is 2.48 bits per heavy atom. The molecule has 1 unspecified atom stereocenters. The van der Waals surface area contributed by atoms with Crippen LogP contribution in [0.2, 0.25) is 0 Å². The number of carbonyl (C=O) groups is 1. The lowest BCUT2D eigenvalue weighted by Crippen LogP contribution is -2.44. The van der Waals surface area contributed by atoms with E-state index < -0.39 is 0 Å². The Balaban J connectivity index is 1.57. The summed E-state index contributed by atoms with van der Waals surface area (Å²) >= 11 is 0. The van der Waals surface area contributed by atoms with Crippen molar-refractivity contribution in [1.82, 2.24) is 10.2 Å². The van der Waals surface area contributed by atoms with Crippen molar-refractivity contribution in [3.63, 3.8) is 0 Å². The van der Waals surface area contributed by atoms with Gasteiger partial charge in [-0.05, 0) is 37.5 Å². The van der Waals surface area contributed by atoms with E-state index in [0.29, 0.717) is 5.91 Å². The molecule has 2 saturated carbocycles. The number of carbonyl (C=O) groups excluding carboxylic acids is 1. The Hall–Kier alpha value is -0.570. The number of nitrogens with zero attached hydrogens (tertiary/aromatic N) is 1. The minimum atomic E-state index is -0.179. The minimum Gasteiger partial charge on any atom is -0.326 e. The van der Waals surface area contributed by atoms with Crippen LogP contribution < -0.4 is 5.32 Å². The third-order valence-electron chi connectivity index (χ3n) is 6.25. The van der Waals surface area contributed by atoms with Gasteiger partial charge in [-0.1, -0.05) is 52.4 Å². The smallest absolute Gasteiger partial charge is 0.244 e. The zero-order valence-electron chi connectivity index (χ0n) is 13.9. The van der Waals surface area contributed by atoms with Gasteiger partial charge >= 0.3 is 0 Å². The monoisotopic (exact) mass is 292 g/mol. The quantitative estimate of drug-likeness (QED) is 0.857. The number of amides is 1. The van der Waals surface area contributed by atoms with Crippen molar-refractivity contribution in [1.29, 1.82) is 0 Å². The topological polar surface area (TPSA) is 32.3 Å². The highest BCUT2D eigenvalue weighted by atomic mass is 16.2. The zero-order chi connectivity index (χ0) is 14.9. The van der Waals surface area contributed by atoms with Gasteiger partial charge in [0.05, 0.1) is 11.7 Å². The van der Waals surface area contributed by atoms with Crippen molar-refractivity contribution in [2.45, 2.75) is 89.8 Å². The van der Waals surface area contributed by atoms with Crippen LogP contribution >= 0.6 is 0 Å². The summed E-state index contributed by atoms with van der Waals surface area (Å²) in [5, 5.41) is 3.69. The van der Waals surface area contributed by atoms with E-state index in [0.717, 1.165) is 37.6 Å². The summed E-state index contributed by atoms with van der Waals surface area (Å²) in [7, 11) is 0. The summed E-state index contributed by atoms with van der Waals surface area (Å²) in [5.74, 6) is 2.18. The molecule has 120 valence electrons. The van der Waals surface area contributed by atoms with Crippen LogP contribution in [0.4, 0.5) is 0 Å². The molecule has 0 radical (unpaired) electrons. The Bertz CT molecular complexity index is 367. The number of nitrogens with one attached hydrogen (secondary N) is 1. The highest BCUT2D eigenvalue weighted by Crippen LogP contribution is 2.38. The van der Waals surface area contributed by atoms with Gasteiger partial charge in [-0.15, -0.1) is 0 Å². The van der Waals surface area contributed by atoms with Crippen LogP contribution in [0.5, 0.6) is 0 Å². The number of rotatable bonds is 4. The van der Waals surface area contributed by atoms with E-state index in [1.807, 2.05) is 0 Å². The molecule has 3 heteroatoms. The fourth-order valence-electron chi connectivity index (χ4n) is 4.73. The van der Waals surface area contributed by atoms with E-state index in [2.05, 4.69) is 24.1 Å². The van der Waals surface area contributed by atoms with Crippen LogP contribution in [0.1, 0.15) is 78.1 Å². The fourth-order valence-corrected chi connectivity index (χ4v) is 4.73. The molecule has 3 nitrogen and oxygen atoms in total. The average Bonchev–Trinajstić information content (AvgIpc) is 3.06. The summed E-state index contributed by atoms with van der Waals surface area (Å²) in [4.78, 5) is 15.1. The van der Waals surface area contributed by atoms with Gasteiger partial charge in [-0.2, -0.15) is 0 Å². The summed E-state index contributed by atoms with van der Waals surface area (Å²) in [5.41, 5.74) is -0.179. The van der Waals surface area contributed by atoms with Crippen LogP contribution in [0.3, 0.4) is 0 Å². The molecule has 21 heavy (non-hydrogen) atoms. The molecule has 3 rings (SSSR count). The summed E-state index contributed by atoms with van der Waals surface area (Å²) in [6, 6.07) is 0. The molecule has 3 fully saturated rings. The van der Waals surface area contributed by atoms with E-state index in [-0.39, 0.29) is 11.7 Å². The molecule has 0 aromatic heterocycles. The molecule has 1 saturated heterocycles. The lowest BCUT2D eigenvalue weighted by Gasteiger charge is -2.29. The number of hydrogen-bond acceptors (Lipinski definition) is 2. The molecule has 1 amide bonds. The first kappa shape index (κ1) is 15.3. The highest BCUT2D eigenvalue weighted by molar-refractivity contribution is 5.89. The van der Waals surface area contributed by atoms with E-state index in [4.69, 9.17) is 0 Å². The molecule has 1 aliphatic heterocycles. The van der Waals surface area contributed by atoms with Crippen LogP contribution in [0.15, 0.2) is 0 Å². The van der Waals surface area contributed by atoms with Crippen LogP contribution in [-0.4, -0.2) is 29.1 Å². The zero-order valence-corrected chi connectivity index (χ0v) is 13.9. The lowest BCUT2D eigenvalue weighted by atomic mass is 9.81. The molecule has 0 aromatic rings. The summed E-state index contributed by atoms with van der Waals surface area (Å²) in [6.07, 6.45) is 12.6. The van der Waals surface area contributed by atoms with Crippen molar-refractivity contribution >= 4 is 5.91 Å². The fraction of sp³-hybridized carbons (Fsp3) is 0.944. The van der Waals surface area contributed by atoms with E-state index >= 15 is 0 Å². The van der Waals surface area contributed by atoms with Gasteiger partial charge in [0.25, 0.3) is 0 Å². The highest BCUT2D eigenvalue weighted by Gasteiger charge is 2.51. The van der Waals surface area contributed by atoms with Crippen molar-refractivity contribution < 1.29 is 4.79 Å². The summed E-state index contributed by atoms with van der Waals surface area (Å²) < 4.78 is 0. The molecule has 0 aromatic carbocycles. The maximum absolute atomic E-state index is 12.9. The van der Waals surface area contributed by atoms with Gasteiger partial charge in [-0.3, -0.25) is 10.1 Å². The van der Waals surface area contributed by atoms with Crippen LogP contribution in [0.25, 0.3) is 0 Å². The molecule has 1 heterocycles. The Kier molecular flexibility index (Phi) is 4.58. The van der Waals surface area contributed by atoms with E-state index in [1.165, 1.54) is 44.9 Å². The van der Waals surface area contributed by atoms with Crippen molar-refractivity contribution in [2.75, 3.05) is 6.54 Å². The second-order valence-electron chi connectivity index (χ2n) is 7.77. The predicted molar refractivity (Wildman–Crippen MR) is 85.9 cm³/mol. The first-order valence-electron chi connectivity index (χ1n) is 9.23. The number of hydrogen-bond donors (Lipinski definition) is 1. The first-order chi connectivity index (χ1) is 10.1. The van der Waals surface area contributed by atoms with E-state index in [9.17, 15) is 4.79 Å². The molecule has 1 spiro atoms. The predicted octanol–water partition coefficient (Wildman–Crippen LogP) is 3.68. The van der Waals surface area contributed by atoms with Crippen molar-refractivity contribution in [3.05, 3.63) is 0 Å². The van der Waals surface area contributed by atoms with Gasteiger partial charge in [0.1, 0.15) is 0 Å². The van der Waals surface area contributed by atoms with Crippen molar-refractivity contribution in [2.24, 2.45) is 11.8 Å². The Morgan fingerprint density at radius 1 is 1.19 bits per heavy atom. The summed E-state index contributed by atoms with van der Waals surface area (Å²) in [6.45, 7) is 5.56. The molecule has 2 aliphatic carbocycles. The SMILES string of the molecule is CCC1NC2(CCCC2)C(=O)N1CCC1CCC(C)CC1. The molecule has 1 atom stereocenters. The normalized spacial score (nSPS) is 35.8. The van der Waals surface area contributed by atoms with Gasteiger partial charge < -0.3 is 4.90 Å². The average molecular weight is 292 g/mol. The molecule has 0 bridgehead atoms. The minimum absolute atomic E-state index is 0.179. The van der Waals surface area contributed by atoms with Gasteiger partial charge in [0.15, 0.2) is 0 Å². The maximum atomic E-state index is 12.9. The van der Waals surface area contributed by atoms with Crippen molar-refractivity contribution in [3.8, 4) is 0 Å².